The van der Waals surface area contributed by atoms with E-state index < -0.39 is 253 Å². The van der Waals surface area contributed by atoms with Gasteiger partial charge in [0.15, 0.2) is 31.4 Å². The summed E-state index contributed by atoms with van der Waals surface area (Å²) in [5.41, 5.74) is 5.87. The molecular weight excluding hydrogens is 1170 g/mol. The van der Waals surface area contributed by atoms with Gasteiger partial charge in [0.25, 0.3) is 0 Å². The number of aliphatic hydroxyl groups excluding tert-OH is 16. The van der Waals surface area contributed by atoms with Crippen molar-refractivity contribution in [2.75, 3.05) is 39.6 Å². The largest absolute Gasteiger partial charge is 0.394 e. The lowest BCUT2D eigenvalue weighted by Crippen LogP contribution is -2.71. The molecule has 5 amide bonds. The van der Waals surface area contributed by atoms with Crippen molar-refractivity contribution < 1.29 is 153 Å². The fraction of sp³-hybridized carbons (Fsp3) is 0.898. The molecule has 0 aromatic carbocycles. The van der Waals surface area contributed by atoms with E-state index in [-0.39, 0.29) is 6.42 Å². The zero-order chi connectivity index (χ0) is 64.2. The number of nitrogens with two attached hydrogens (primary N) is 1. The maximum absolute atomic E-state index is 12.4. The van der Waals surface area contributed by atoms with Crippen LogP contribution in [0.3, 0.4) is 0 Å². The molecule has 0 aromatic rings. The highest BCUT2D eigenvalue weighted by Gasteiger charge is 2.57. The summed E-state index contributed by atoms with van der Waals surface area (Å²) in [5.74, 6) is -2.90. The lowest BCUT2D eigenvalue weighted by atomic mass is 9.93. The Bertz CT molecular complexity index is 2150. The number of ether oxygens (including phenoxy) is 10. The van der Waals surface area contributed by atoms with Gasteiger partial charge in [0.1, 0.15) is 146 Å². The van der Waals surface area contributed by atoms with Crippen LogP contribution in [-0.2, 0) is 71.3 Å². The van der Waals surface area contributed by atoms with E-state index in [4.69, 9.17) is 53.1 Å². The van der Waals surface area contributed by atoms with E-state index in [2.05, 4.69) is 26.6 Å². The quantitative estimate of drug-likeness (QED) is 0.0479. The van der Waals surface area contributed by atoms with Gasteiger partial charge in [0.2, 0.25) is 29.5 Å². The molecule has 0 radical (unpaired) electrons. The molecule has 498 valence electrons. The number of unbranched alkanes of at least 4 members (excludes halogenated alkanes) is 1. The molecule has 6 aliphatic rings. The lowest BCUT2D eigenvalue weighted by Gasteiger charge is -2.49. The number of hydrogen-bond donors (Lipinski definition) is 22. The van der Waals surface area contributed by atoms with Gasteiger partial charge in [-0.25, -0.2) is 0 Å². The fourth-order valence-corrected chi connectivity index (χ4v) is 10.5. The van der Waals surface area contributed by atoms with Gasteiger partial charge in [-0.1, -0.05) is 13.3 Å². The molecular formula is C49H86N6O31. The van der Waals surface area contributed by atoms with E-state index >= 15 is 0 Å². The molecule has 37 heteroatoms. The summed E-state index contributed by atoms with van der Waals surface area (Å²) >= 11 is 0. The Morgan fingerprint density at radius 2 is 0.674 bits per heavy atom. The monoisotopic (exact) mass is 1250 g/mol. The van der Waals surface area contributed by atoms with E-state index in [1.165, 1.54) is 13.8 Å². The first-order valence-corrected chi connectivity index (χ1v) is 27.8. The van der Waals surface area contributed by atoms with Crippen LogP contribution in [0.15, 0.2) is 0 Å². The van der Waals surface area contributed by atoms with Crippen molar-refractivity contribution in [3.05, 3.63) is 0 Å². The maximum atomic E-state index is 12.4. The van der Waals surface area contributed by atoms with E-state index in [9.17, 15) is 106 Å². The number of hydrogen-bond acceptors (Lipinski definition) is 32. The third-order valence-electron chi connectivity index (χ3n) is 14.9. The first-order chi connectivity index (χ1) is 40.6. The van der Waals surface area contributed by atoms with Crippen LogP contribution in [-0.4, -0.2) is 335 Å². The Kier molecular flexibility index (Phi) is 28.3. The molecule has 0 aromatic heterocycles. The topological polar surface area (TPSA) is 588 Å². The molecule has 6 aliphatic heterocycles. The second-order valence-electron chi connectivity index (χ2n) is 21.4. The van der Waals surface area contributed by atoms with Gasteiger partial charge >= 0.3 is 0 Å². The highest BCUT2D eigenvalue weighted by atomic mass is 16.8. The summed E-state index contributed by atoms with van der Waals surface area (Å²) in [7, 11) is 0. The molecule has 86 heavy (non-hydrogen) atoms. The number of carbonyl (C=O) groups is 5. The lowest BCUT2D eigenvalue weighted by molar-refractivity contribution is -0.358. The second kappa shape index (κ2) is 33.4. The summed E-state index contributed by atoms with van der Waals surface area (Å²) in [4.78, 5) is 60.2. The summed E-state index contributed by atoms with van der Waals surface area (Å²) < 4.78 is 56.7. The highest BCUT2D eigenvalue weighted by Crippen LogP contribution is 2.35. The van der Waals surface area contributed by atoms with Gasteiger partial charge < -0.3 is 161 Å². The molecule has 6 fully saturated rings. The standard InChI is InChI=1S/C27H47N3O16.C22H39N3O15/c1-4-5-6-15(36)30-25-16(28-10(2)34)19(38)23(13(8-32)42-25)45-26-17(29-11(3)35)20(39)24(14(9-33)44-26)46-27-22(41)21(40)18(37)12(7-31)43-27;1-6(29)24-11-14(32)18(9(4-27)36-20(11)23)39-21-12(25-7(2)30)15(33)19(10(5-28)38-21)40-22-17(35)16(34)13(31)8(3-26)37-22/h12-14,16-27,31-33,37-41H,4-9H2,1-3H3,(H,28,34)(H,29,35)(H,30,36);8-22,26-28,31-35H,3-5,23H2,1-2H3,(H,24,29)(H,25,30)/t12?,13?,14?,16?,17?,18-,19-,20-,21+,22?,23-,24-,25-,26+,27+;8?,9?,10?,11?,12?,13-,14-,15-,16+,17?,18-,19-,20-,21+,22+/m11/s1. The van der Waals surface area contributed by atoms with Crippen molar-refractivity contribution in [3.8, 4) is 0 Å². The Hall–Kier alpha value is -3.73. The van der Waals surface area contributed by atoms with Crippen LogP contribution in [0.5, 0.6) is 0 Å². The number of aliphatic hydroxyl groups is 16. The van der Waals surface area contributed by atoms with Crippen LogP contribution < -0.4 is 32.3 Å². The average molecular weight is 1260 g/mol. The molecule has 6 rings (SSSR count). The van der Waals surface area contributed by atoms with Crippen molar-refractivity contribution in [2.45, 2.75) is 238 Å². The molecule has 0 spiro atoms. The number of rotatable bonds is 22. The van der Waals surface area contributed by atoms with Gasteiger partial charge in [0.05, 0.1) is 45.7 Å². The molecule has 6 saturated heterocycles. The van der Waals surface area contributed by atoms with Gasteiger partial charge in [-0.3, -0.25) is 24.0 Å². The van der Waals surface area contributed by atoms with Gasteiger partial charge in [-0.2, -0.15) is 0 Å². The molecule has 0 aliphatic carbocycles. The minimum Gasteiger partial charge on any atom is -0.394 e. The van der Waals surface area contributed by atoms with Gasteiger partial charge in [0, 0.05) is 34.1 Å². The van der Waals surface area contributed by atoms with E-state index in [1.54, 1.807) is 0 Å². The van der Waals surface area contributed by atoms with Crippen molar-refractivity contribution in [2.24, 2.45) is 5.73 Å². The zero-order valence-corrected chi connectivity index (χ0v) is 47.5. The minimum absolute atomic E-state index is 0.143. The Balaban J connectivity index is 0.000000317. The third-order valence-corrected chi connectivity index (χ3v) is 14.9. The molecule has 6 heterocycles. The van der Waals surface area contributed by atoms with Crippen LogP contribution in [0.1, 0.15) is 53.9 Å². The smallest absolute Gasteiger partial charge is 0.222 e. The van der Waals surface area contributed by atoms with Crippen LogP contribution in [0, 0.1) is 0 Å². The summed E-state index contributed by atoms with van der Waals surface area (Å²) in [6.07, 6.45) is -39.3. The van der Waals surface area contributed by atoms with E-state index in [0.717, 1.165) is 20.3 Å². The zero-order valence-electron chi connectivity index (χ0n) is 47.5. The molecule has 30 atom stereocenters. The van der Waals surface area contributed by atoms with Gasteiger partial charge in [-0.15, -0.1) is 0 Å². The summed E-state index contributed by atoms with van der Waals surface area (Å²) in [6, 6.07) is -5.39. The molecule has 23 N–H and O–H groups in total. The fourth-order valence-electron chi connectivity index (χ4n) is 10.5. The first kappa shape index (κ1) is 73.0. The number of amides is 5. The minimum atomic E-state index is -1.86. The molecule has 0 bridgehead atoms. The molecule has 0 saturated carbocycles. The predicted octanol–water partition coefficient (Wildman–Crippen LogP) is -13.3. The van der Waals surface area contributed by atoms with Crippen molar-refractivity contribution in [3.63, 3.8) is 0 Å². The number of nitrogens with one attached hydrogen (secondary N) is 5. The summed E-state index contributed by atoms with van der Waals surface area (Å²) in [5, 5.41) is 177. The van der Waals surface area contributed by atoms with Crippen molar-refractivity contribution in [1.82, 2.24) is 26.6 Å². The maximum Gasteiger partial charge on any atom is 0.222 e. The SMILES string of the molecule is CC(=O)NC1[C@H](O[C@@H]2C(CO)O[C@@H](N)C(NC(C)=O)[C@H]2O)OC(CO)[C@@H](O[C@@H]2OC(CO)[C@@H](O)[C@H](O)C2O)[C@@H]1O.CCCCC(=O)N[C@@H]1OC(CO)[C@@H](O[C@@H]2OC(CO)[C@@H](O[C@@H]3OC(CO)[C@@H](O)[C@H](O)C3O)[C@H](O)C2NC(C)=O)[C@H](O)C1NC(C)=O. The van der Waals surface area contributed by atoms with Crippen LogP contribution in [0.25, 0.3) is 0 Å². The van der Waals surface area contributed by atoms with Crippen LogP contribution in [0.2, 0.25) is 0 Å². The van der Waals surface area contributed by atoms with Gasteiger partial charge in [-0.05, 0) is 6.42 Å². The first-order valence-electron chi connectivity index (χ1n) is 27.8. The molecule has 12 unspecified atom stereocenters. The Morgan fingerprint density at radius 3 is 1.03 bits per heavy atom. The highest BCUT2D eigenvalue weighted by molar-refractivity contribution is 5.77. The normalized spacial score (nSPS) is 43.6. The van der Waals surface area contributed by atoms with E-state index in [1.807, 2.05) is 6.92 Å². The summed E-state index contributed by atoms with van der Waals surface area (Å²) in [6.45, 7) is 1.90. The Morgan fingerprint density at radius 1 is 0.372 bits per heavy atom. The molecule has 37 nitrogen and oxygen atoms in total. The van der Waals surface area contributed by atoms with E-state index in [0.29, 0.717) is 6.42 Å². The third kappa shape index (κ3) is 17.8. The van der Waals surface area contributed by atoms with Crippen molar-refractivity contribution >= 4 is 29.5 Å². The second-order valence-corrected chi connectivity index (χ2v) is 21.4. The van der Waals surface area contributed by atoms with Crippen LogP contribution in [0.4, 0.5) is 0 Å². The Labute approximate surface area is 491 Å². The number of carbonyl (C=O) groups excluding carboxylic acids is 5. The van der Waals surface area contributed by atoms with Crippen LogP contribution >= 0.6 is 0 Å². The predicted molar refractivity (Wildman–Crippen MR) is 276 cm³/mol. The van der Waals surface area contributed by atoms with Crippen molar-refractivity contribution in [1.29, 1.82) is 0 Å². The average Bonchev–Trinajstić information content (AvgIpc) is 1.11.